The van der Waals surface area contributed by atoms with E-state index in [1.165, 1.54) is 18.4 Å². The number of hydrogen-bond donors (Lipinski definition) is 1. The maximum Gasteiger partial charge on any atom is 0.122 e. The summed E-state index contributed by atoms with van der Waals surface area (Å²) in [6.07, 6.45) is 2.53. The molecular weight excluding hydrogens is 210 g/mol. The normalized spacial score (nSPS) is 27.6. The Bertz CT molecular complexity index is 369. The van der Waals surface area contributed by atoms with E-state index < -0.39 is 0 Å². The average molecular weight is 233 g/mol. The maximum atomic E-state index is 5.51. The zero-order chi connectivity index (χ0) is 12.3. The lowest BCUT2D eigenvalue weighted by Crippen LogP contribution is -2.48. The van der Waals surface area contributed by atoms with Crippen molar-refractivity contribution < 1.29 is 4.74 Å². The van der Waals surface area contributed by atoms with Crippen LogP contribution in [0.3, 0.4) is 0 Å². The molecule has 94 valence electrons. The van der Waals surface area contributed by atoms with E-state index in [1.54, 1.807) is 7.11 Å². The first kappa shape index (κ1) is 12.4. The lowest BCUT2D eigenvalue weighted by Gasteiger charge is -2.47. The molecule has 0 bridgehead atoms. The second-order valence-corrected chi connectivity index (χ2v) is 5.27. The van der Waals surface area contributed by atoms with Crippen LogP contribution in [0.15, 0.2) is 24.3 Å². The molecule has 2 rings (SSSR count). The summed E-state index contributed by atoms with van der Waals surface area (Å²) in [6, 6.07) is 8.47. The van der Waals surface area contributed by atoms with Gasteiger partial charge in [0.25, 0.3) is 0 Å². The van der Waals surface area contributed by atoms with Gasteiger partial charge in [-0.2, -0.15) is 0 Å². The van der Waals surface area contributed by atoms with Crippen LogP contribution < -0.4 is 10.1 Å². The summed E-state index contributed by atoms with van der Waals surface area (Å²) < 4.78 is 5.51. The van der Waals surface area contributed by atoms with Crippen molar-refractivity contribution in [3.8, 4) is 5.75 Å². The number of para-hydroxylation sites is 1. The van der Waals surface area contributed by atoms with Gasteiger partial charge in [0.1, 0.15) is 5.75 Å². The van der Waals surface area contributed by atoms with Crippen molar-refractivity contribution >= 4 is 0 Å². The average Bonchev–Trinajstić information content (AvgIpc) is 2.33. The summed E-state index contributed by atoms with van der Waals surface area (Å²) in [5.41, 5.74) is 1.67. The molecule has 1 aliphatic rings. The van der Waals surface area contributed by atoms with Crippen LogP contribution in [-0.4, -0.2) is 20.2 Å². The Labute approximate surface area is 104 Å². The minimum absolute atomic E-state index is 0.294. The Morgan fingerprint density at radius 2 is 2.06 bits per heavy atom. The number of ether oxygens (including phenoxy) is 1. The molecule has 0 heterocycles. The molecule has 0 unspecified atom stereocenters. The van der Waals surface area contributed by atoms with Gasteiger partial charge in [0, 0.05) is 17.5 Å². The lowest BCUT2D eigenvalue weighted by molar-refractivity contribution is 0.149. The van der Waals surface area contributed by atoms with Crippen molar-refractivity contribution in [1.82, 2.24) is 5.32 Å². The van der Waals surface area contributed by atoms with Gasteiger partial charge >= 0.3 is 0 Å². The number of methoxy groups -OCH3 is 1. The summed E-state index contributed by atoms with van der Waals surface area (Å²) in [7, 11) is 1.77. The fourth-order valence-electron chi connectivity index (χ4n) is 3.18. The summed E-state index contributed by atoms with van der Waals surface area (Å²) in [4.78, 5) is 0. The molecule has 0 radical (unpaired) electrons. The SMILES string of the molecule is CCNCC1(c2ccccc2OC)CC(C)C1. The van der Waals surface area contributed by atoms with Crippen molar-refractivity contribution in [2.45, 2.75) is 32.1 Å². The molecular formula is C15H23NO. The number of nitrogens with one attached hydrogen (secondary N) is 1. The second kappa shape index (κ2) is 5.09. The topological polar surface area (TPSA) is 21.3 Å². The van der Waals surface area contributed by atoms with Crippen molar-refractivity contribution in [2.75, 3.05) is 20.2 Å². The number of likely N-dealkylation sites (N-methyl/N-ethyl adjacent to an activating group) is 1. The van der Waals surface area contributed by atoms with E-state index >= 15 is 0 Å². The number of rotatable bonds is 5. The van der Waals surface area contributed by atoms with Crippen molar-refractivity contribution in [2.24, 2.45) is 5.92 Å². The fraction of sp³-hybridized carbons (Fsp3) is 0.600. The quantitative estimate of drug-likeness (QED) is 0.844. The highest BCUT2D eigenvalue weighted by Gasteiger charge is 2.44. The van der Waals surface area contributed by atoms with Crippen LogP contribution in [0.25, 0.3) is 0 Å². The third kappa shape index (κ3) is 2.32. The van der Waals surface area contributed by atoms with E-state index in [0.717, 1.165) is 24.8 Å². The smallest absolute Gasteiger partial charge is 0.122 e. The van der Waals surface area contributed by atoms with Gasteiger partial charge in [-0.3, -0.25) is 0 Å². The third-order valence-electron chi connectivity index (χ3n) is 3.87. The van der Waals surface area contributed by atoms with Crippen LogP contribution in [0.5, 0.6) is 5.75 Å². The summed E-state index contributed by atoms with van der Waals surface area (Å²) in [5.74, 6) is 1.87. The predicted molar refractivity (Wildman–Crippen MR) is 71.6 cm³/mol. The Kier molecular flexibility index (Phi) is 3.72. The molecule has 1 aromatic carbocycles. The van der Waals surface area contributed by atoms with Gasteiger partial charge in [-0.1, -0.05) is 32.0 Å². The van der Waals surface area contributed by atoms with Crippen LogP contribution in [0, 0.1) is 5.92 Å². The van der Waals surface area contributed by atoms with Gasteiger partial charge in [0.05, 0.1) is 7.11 Å². The second-order valence-electron chi connectivity index (χ2n) is 5.27. The minimum Gasteiger partial charge on any atom is -0.496 e. The molecule has 1 aromatic rings. The molecule has 1 N–H and O–H groups in total. The van der Waals surface area contributed by atoms with E-state index in [-0.39, 0.29) is 0 Å². The van der Waals surface area contributed by atoms with E-state index in [0.29, 0.717) is 5.41 Å². The van der Waals surface area contributed by atoms with Gasteiger partial charge in [-0.15, -0.1) is 0 Å². The van der Waals surface area contributed by atoms with Gasteiger partial charge in [0.2, 0.25) is 0 Å². The highest BCUT2D eigenvalue weighted by molar-refractivity contribution is 5.42. The van der Waals surface area contributed by atoms with E-state index in [2.05, 4.69) is 37.4 Å². The van der Waals surface area contributed by atoms with Crippen molar-refractivity contribution in [3.05, 3.63) is 29.8 Å². The van der Waals surface area contributed by atoms with Gasteiger partial charge in [0.15, 0.2) is 0 Å². The molecule has 0 aromatic heterocycles. The largest absolute Gasteiger partial charge is 0.496 e. The minimum atomic E-state index is 0.294. The summed E-state index contributed by atoms with van der Waals surface area (Å²) >= 11 is 0. The molecule has 0 aliphatic heterocycles. The van der Waals surface area contributed by atoms with Crippen LogP contribution >= 0.6 is 0 Å². The van der Waals surface area contributed by atoms with Crippen molar-refractivity contribution in [3.63, 3.8) is 0 Å². The standard InChI is InChI=1S/C15H23NO/c1-4-16-11-15(9-12(2)10-15)13-7-5-6-8-14(13)17-3/h5-8,12,16H,4,9-11H2,1-3H3. The maximum absolute atomic E-state index is 5.51. The van der Waals surface area contributed by atoms with E-state index in [1.807, 2.05) is 6.07 Å². The third-order valence-corrected chi connectivity index (χ3v) is 3.87. The van der Waals surface area contributed by atoms with Crippen LogP contribution in [0.1, 0.15) is 32.3 Å². The van der Waals surface area contributed by atoms with Gasteiger partial charge in [-0.05, 0) is 31.4 Å². The summed E-state index contributed by atoms with van der Waals surface area (Å²) in [6.45, 7) is 6.59. The number of hydrogen-bond acceptors (Lipinski definition) is 2. The first-order valence-electron chi connectivity index (χ1n) is 6.56. The molecule has 1 aliphatic carbocycles. The first-order valence-corrected chi connectivity index (χ1v) is 6.56. The van der Waals surface area contributed by atoms with Crippen LogP contribution in [0.4, 0.5) is 0 Å². The van der Waals surface area contributed by atoms with E-state index in [9.17, 15) is 0 Å². The van der Waals surface area contributed by atoms with Crippen LogP contribution in [-0.2, 0) is 5.41 Å². The molecule has 0 saturated heterocycles. The van der Waals surface area contributed by atoms with Crippen molar-refractivity contribution in [1.29, 1.82) is 0 Å². The Morgan fingerprint density at radius 3 is 2.65 bits per heavy atom. The Balaban J connectivity index is 2.26. The molecule has 17 heavy (non-hydrogen) atoms. The van der Waals surface area contributed by atoms with Crippen LogP contribution in [0.2, 0.25) is 0 Å². The zero-order valence-electron chi connectivity index (χ0n) is 11.1. The fourth-order valence-corrected chi connectivity index (χ4v) is 3.18. The number of benzene rings is 1. The molecule has 0 atom stereocenters. The molecule has 0 spiro atoms. The monoisotopic (exact) mass is 233 g/mol. The highest BCUT2D eigenvalue weighted by Crippen LogP contribution is 2.49. The summed E-state index contributed by atoms with van der Waals surface area (Å²) in [5, 5.41) is 3.51. The highest BCUT2D eigenvalue weighted by atomic mass is 16.5. The first-order chi connectivity index (χ1) is 8.22. The van der Waals surface area contributed by atoms with Gasteiger partial charge in [-0.25, -0.2) is 0 Å². The Hall–Kier alpha value is -1.02. The van der Waals surface area contributed by atoms with E-state index in [4.69, 9.17) is 4.74 Å². The molecule has 1 fully saturated rings. The molecule has 2 heteroatoms. The molecule has 2 nitrogen and oxygen atoms in total. The molecule has 1 saturated carbocycles. The zero-order valence-corrected chi connectivity index (χ0v) is 11.1. The predicted octanol–water partition coefficient (Wildman–Crippen LogP) is 2.97. The Morgan fingerprint density at radius 1 is 1.35 bits per heavy atom. The van der Waals surface area contributed by atoms with Gasteiger partial charge < -0.3 is 10.1 Å². The molecule has 0 amide bonds. The lowest BCUT2D eigenvalue weighted by atomic mass is 9.59.